The van der Waals surface area contributed by atoms with E-state index in [9.17, 15) is 25.2 Å². The number of phenols is 2. The summed E-state index contributed by atoms with van der Waals surface area (Å²) in [5, 5.41) is 50.1. The van der Waals surface area contributed by atoms with Crippen molar-refractivity contribution in [2.24, 2.45) is 5.11 Å². The van der Waals surface area contributed by atoms with Crippen LogP contribution in [-0.2, 0) is 0 Å². The first-order valence-corrected chi connectivity index (χ1v) is 5.04. The van der Waals surface area contributed by atoms with Gasteiger partial charge in [-0.1, -0.05) is 5.11 Å². The van der Waals surface area contributed by atoms with Crippen molar-refractivity contribution < 1.29 is 30.3 Å². The fourth-order valence-corrected chi connectivity index (χ4v) is 1.46. The van der Waals surface area contributed by atoms with Gasteiger partial charge in [-0.25, -0.2) is 4.79 Å². The monoisotopic (exact) mass is 269 g/mol. The van der Waals surface area contributed by atoms with Crippen LogP contribution in [0.3, 0.4) is 0 Å². The van der Waals surface area contributed by atoms with E-state index in [-0.39, 0.29) is 5.56 Å². The lowest BCUT2D eigenvalue weighted by Gasteiger charge is -2.18. The summed E-state index contributed by atoms with van der Waals surface area (Å²) in [5.41, 5.74) is 7.26. The molecule has 0 saturated heterocycles. The molecule has 0 aliphatic heterocycles. The second-order valence-corrected chi connectivity index (χ2v) is 3.66. The van der Waals surface area contributed by atoms with Crippen LogP contribution < -0.4 is 0 Å². The Morgan fingerprint density at radius 3 is 2.26 bits per heavy atom. The highest BCUT2D eigenvalue weighted by Crippen LogP contribution is 2.35. The Bertz CT molecular complexity index is 517. The van der Waals surface area contributed by atoms with Gasteiger partial charge in [-0.2, -0.15) is 0 Å². The minimum atomic E-state index is -1.73. The molecule has 0 aliphatic carbocycles. The van der Waals surface area contributed by atoms with Gasteiger partial charge in [0.2, 0.25) is 0 Å². The van der Waals surface area contributed by atoms with Crippen LogP contribution in [0.1, 0.15) is 22.0 Å². The molecule has 0 bridgehead atoms. The summed E-state index contributed by atoms with van der Waals surface area (Å²) in [7, 11) is 0. The number of aliphatic hydroxyl groups excluding tert-OH is 2. The number of carboxylic acid groups (broad SMARTS) is 1. The Kier molecular flexibility index (Phi) is 4.54. The lowest BCUT2D eigenvalue weighted by Crippen LogP contribution is -2.21. The smallest absolute Gasteiger partial charge is 0.335 e. The summed E-state index contributed by atoms with van der Waals surface area (Å²) in [5.74, 6) is -2.75. The standard InChI is InChI=1S/C10H11N3O6/c11-13-12-3-7(16)9(17)8-5(14)1-4(10(18)19)2-6(8)15/h1-2,7,9,14-17H,3H2,(H,18,19). The van der Waals surface area contributed by atoms with Crippen molar-refractivity contribution in [2.75, 3.05) is 6.54 Å². The average molecular weight is 269 g/mol. The number of rotatable bonds is 5. The first-order chi connectivity index (χ1) is 8.88. The maximum atomic E-state index is 10.7. The van der Waals surface area contributed by atoms with Crippen molar-refractivity contribution in [1.82, 2.24) is 0 Å². The lowest BCUT2D eigenvalue weighted by atomic mass is 10.00. The van der Waals surface area contributed by atoms with Gasteiger partial charge in [0, 0.05) is 4.91 Å². The molecule has 0 aliphatic rings. The van der Waals surface area contributed by atoms with E-state index in [4.69, 9.17) is 10.6 Å². The molecule has 1 rings (SSSR count). The van der Waals surface area contributed by atoms with E-state index in [1.54, 1.807) is 0 Å². The van der Waals surface area contributed by atoms with Gasteiger partial charge >= 0.3 is 5.97 Å². The highest BCUT2D eigenvalue weighted by Gasteiger charge is 2.25. The third-order valence-electron chi connectivity index (χ3n) is 2.38. The van der Waals surface area contributed by atoms with Crippen LogP contribution in [0.5, 0.6) is 11.5 Å². The first kappa shape index (κ1) is 14.6. The van der Waals surface area contributed by atoms with E-state index >= 15 is 0 Å². The van der Waals surface area contributed by atoms with E-state index in [1.807, 2.05) is 0 Å². The van der Waals surface area contributed by atoms with Crippen molar-refractivity contribution >= 4 is 5.97 Å². The largest absolute Gasteiger partial charge is 0.507 e. The molecular formula is C10H11N3O6. The first-order valence-electron chi connectivity index (χ1n) is 5.04. The SMILES string of the molecule is [N-]=[N+]=NCC(O)C(O)c1c(O)cc(C(=O)O)cc1O. The molecule has 1 aromatic carbocycles. The number of aliphatic hydroxyl groups is 2. The van der Waals surface area contributed by atoms with Crippen LogP contribution in [0.4, 0.5) is 0 Å². The molecule has 19 heavy (non-hydrogen) atoms. The summed E-state index contributed by atoms with van der Waals surface area (Å²) < 4.78 is 0. The second-order valence-electron chi connectivity index (χ2n) is 3.66. The molecule has 0 heterocycles. The number of nitrogens with zero attached hydrogens (tertiary/aromatic N) is 3. The van der Waals surface area contributed by atoms with Gasteiger partial charge in [-0.3, -0.25) is 0 Å². The molecule has 9 heteroatoms. The Balaban J connectivity index is 3.13. The maximum absolute atomic E-state index is 10.7. The molecule has 5 N–H and O–H groups in total. The molecule has 0 radical (unpaired) electrons. The van der Waals surface area contributed by atoms with Crippen molar-refractivity contribution in [2.45, 2.75) is 12.2 Å². The molecule has 2 atom stereocenters. The Morgan fingerprint density at radius 1 is 1.32 bits per heavy atom. The van der Waals surface area contributed by atoms with Crippen LogP contribution in [0.15, 0.2) is 17.2 Å². The highest BCUT2D eigenvalue weighted by molar-refractivity contribution is 5.89. The molecule has 0 aromatic heterocycles. The van der Waals surface area contributed by atoms with Gasteiger partial charge in [0.1, 0.15) is 17.6 Å². The maximum Gasteiger partial charge on any atom is 0.335 e. The predicted octanol–water partition coefficient (Wildman–Crippen LogP) is 0.501. The molecule has 0 fully saturated rings. The summed E-state index contributed by atoms with van der Waals surface area (Å²) >= 11 is 0. The fourth-order valence-electron chi connectivity index (χ4n) is 1.46. The van der Waals surface area contributed by atoms with Crippen LogP contribution in [0.25, 0.3) is 10.4 Å². The van der Waals surface area contributed by atoms with Gasteiger partial charge in [0.05, 0.1) is 23.8 Å². The number of phenolic OH excluding ortho intramolecular Hbond substituents is 2. The number of azide groups is 1. The van der Waals surface area contributed by atoms with E-state index in [1.165, 1.54) is 0 Å². The molecule has 0 amide bonds. The van der Waals surface area contributed by atoms with Gasteiger partial charge in [-0.05, 0) is 17.7 Å². The molecular weight excluding hydrogens is 258 g/mol. The number of aromatic hydroxyl groups is 2. The van der Waals surface area contributed by atoms with Crippen molar-refractivity contribution in [3.63, 3.8) is 0 Å². The zero-order valence-electron chi connectivity index (χ0n) is 9.50. The summed E-state index contributed by atoms with van der Waals surface area (Å²) in [4.78, 5) is 13.1. The van der Waals surface area contributed by atoms with Gasteiger partial charge in [0.25, 0.3) is 0 Å². The van der Waals surface area contributed by atoms with Crippen LogP contribution in [0, 0.1) is 0 Å². The third kappa shape index (κ3) is 3.26. The number of carbonyl (C=O) groups is 1. The van der Waals surface area contributed by atoms with Crippen LogP contribution in [0.2, 0.25) is 0 Å². The summed E-state index contributed by atoms with van der Waals surface area (Å²) in [6.07, 6.45) is -3.28. The molecule has 9 nitrogen and oxygen atoms in total. The number of aromatic carboxylic acids is 1. The molecule has 0 spiro atoms. The molecule has 102 valence electrons. The van der Waals surface area contributed by atoms with Gasteiger partial charge in [-0.15, -0.1) is 0 Å². The van der Waals surface area contributed by atoms with Gasteiger partial charge in [0.15, 0.2) is 0 Å². The third-order valence-corrected chi connectivity index (χ3v) is 2.38. The normalized spacial score (nSPS) is 13.4. The Hall–Kier alpha value is -2.48. The average Bonchev–Trinajstić information content (AvgIpc) is 2.34. The van der Waals surface area contributed by atoms with E-state index in [0.717, 1.165) is 12.1 Å². The number of carboxylic acids is 1. The second kappa shape index (κ2) is 5.91. The summed E-state index contributed by atoms with van der Waals surface area (Å²) in [6, 6.07) is 1.64. The quantitative estimate of drug-likeness (QED) is 0.296. The number of benzene rings is 1. The zero-order valence-corrected chi connectivity index (χ0v) is 9.50. The highest BCUT2D eigenvalue weighted by atomic mass is 16.4. The van der Waals surface area contributed by atoms with Crippen LogP contribution >= 0.6 is 0 Å². The van der Waals surface area contributed by atoms with E-state index in [2.05, 4.69) is 10.0 Å². The molecule has 2 unspecified atom stereocenters. The van der Waals surface area contributed by atoms with E-state index in [0.29, 0.717) is 0 Å². The predicted molar refractivity (Wildman–Crippen MR) is 61.7 cm³/mol. The zero-order chi connectivity index (χ0) is 14.6. The minimum Gasteiger partial charge on any atom is -0.507 e. The minimum absolute atomic E-state index is 0.379. The number of hydrogen-bond donors (Lipinski definition) is 5. The molecule has 0 saturated carbocycles. The topological polar surface area (TPSA) is 167 Å². The van der Waals surface area contributed by atoms with Crippen molar-refractivity contribution in [3.05, 3.63) is 33.7 Å². The number of hydrogen-bond acceptors (Lipinski definition) is 6. The lowest BCUT2D eigenvalue weighted by molar-refractivity contribution is 0.0215. The van der Waals surface area contributed by atoms with Gasteiger partial charge < -0.3 is 25.5 Å². The molecule has 1 aromatic rings. The van der Waals surface area contributed by atoms with Crippen molar-refractivity contribution in [1.29, 1.82) is 0 Å². The van der Waals surface area contributed by atoms with Crippen LogP contribution in [-0.4, -0.2) is 44.2 Å². The Morgan fingerprint density at radius 2 is 1.84 bits per heavy atom. The summed E-state index contributed by atoms with van der Waals surface area (Å²) in [6.45, 7) is -0.475. The Labute approximate surface area is 106 Å². The van der Waals surface area contributed by atoms with Crippen molar-refractivity contribution in [3.8, 4) is 11.5 Å². The fraction of sp³-hybridized carbons (Fsp3) is 0.300. The van der Waals surface area contributed by atoms with E-state index < -0.39 is 41.8 Å².